The molecule has 0 saturated carbocycles. The van der Waals surface area contributed by atoms with Gasteiger partial charge in [0, 0.05) is 0 Å². The van der Waals surface area contributed by atoms with E-state index in [1.807, 2.05) is 30.3 Å². The van der Waals surface area contributed by atoms with Crippen LogP contribution in [0.2, 0.25) is 0 Å². The standard InChI is InChI=1S/C17H14N2O2/c18-15-10-12(8-9-16(15)19-17(20)21)14-7-3-5-11-4-1-2-6-13(11)14/h1-10,19H,18H2,(H,20,21). The molecule has 1 amide bonds. The van der Waals surface area contributed by atoms with E-state index in [4.69, 9.17) is 10.8 Å². The van der Waals surface area contributed by atoms with E-state index >= 15 is 0 Å². The molecule has 0 aliphatic carbocycles. The van der Waals surface area contributed by atoms with E-state index in [1.165, 1.54) is 0 Å². The predicted octanol–water partition coefficient (Wildman–Crippen LogP) is 4.18. The summed E-state index contributed by atoms with van der Waals surface area (Å²) in [6.07, 6.45) is -1.13. The largest absolute Gasteiger partial charge is 0.465 e. The van der Waals surface area contributed by atoms with Gasteiger partial charge in [-0.15, -0.1) is 0 Å². The molecule has 0 spiro atoms. The van der Waals surface area contributed by atoms with Crippen LogP contribution in [0.3, 0.4) is 0 Å². The summed E-state index contributed by atoms with van der Waals surface area (Å²) in [5, 5.41) is 13.3. The van der Waals surface area contributed by atoms with Crippen molar-refractivity contribution in [3.63, 3.8) is 0 Å². The van der Waals surface area contributed by atoms with Crippen molar-refractivity contribution in [2.45, 2.75) is 0 Å². The second kappa shape index (κ2) is 5.17. The van der Waals surface area contributed by atoms with Crippen molar-refractivity contribution in [1.82, 2.24) is 0 Å². The summed E-state index contributed by atoms with van der Waals surface area (Å²) in [6.45, 7) is 0. The van der Waals surface area contributed by atoms with Crippen LogP contribution in [0.25, 0.3) is 21.9 Å². The monoisotopic (exact) mass is 278 g/mol. The average Bonchev–Trinajstić information content (AvgIpc) is 2.48. The van der Waals surface area contributed by atoms with Gasteiger partial charge in [0.2, 0.25) is 0 Å². The number of fused-ring (bicyclic) bond motifs is 1. The average molecular weight is 278 g/mol. The van der Waals surface area contributed by atoms with Crippen molar-refractivity contribution in [2.24, 2.45) is 0 Å². The molecule has 0 fully saturated rings. The minimum atomic E-state index is -1.13. The Labute approximate surface area is 121 Å². The summed E-state index contributed by atoms with van der Waals surface area (Å²) < 4.78 is 0. The molecule has 104 valence electrons. The van der Waals surface area contributed by atoms with Crippen LogP contribution < -0.4 is 11.1 Å². The number of hydrogen-bond acceptors (Lipinski definition) is 2. The van der Waals surface area contributed by atoms with Gasteiger partial charge in [0.25, 0.3) is 0 Å². The van der Waals surface area contributed by atoms with Crippen molar-refractivity contribution >= 4 is 28.2 Å². The number of carboxylic acid groups (broad SMARTS) is 1. The van der Waals surface area contributed by atoms with Crippen LogP contribution in [0.15, 0.2) is 60.7 Å². The van der Waals surface area contributed by atoms with Gasteiger partial charge in [-0.25, -0.2) is 4.79 Å². The van der Waals surface area contributed by atoms with Crippen molar-refractivity contribution < 1.29 is 9.90 Å². The second-order valence-corrected chi connectivity index (χ2v) is 4.76. The highest BCUT2D eigenvalue weighted by Crippen LogP contribution is 2.32. The molecule has 3 aromatic carbocycles. The maximum Gasteiger partial charge on any atom is 0.409 e. The number of carbonyl (C=O) groups is 1. The maximum atomic E-state index is 10.7. The van der Waals surface area contributed by atoms with Crippen LogP contribution in [0.1, 0.15) is 0 Å². The topological polar surface area (TPSA) is 75.3 Å². The summed E-state index contributed by atoms with van der Waals surface area (Å²) in [7, 11) is 0. The molecule has 0 saturated heterocycles. The number of nitrogen functional groups attached to an aromatic ring is 1. The molecule has 0 atom stereocenters. The molecule has 21 heavy (non-hydrogen) atoms. The number of hydrogen-bond donors (Lipinski definition) is 3. The second-order valence-electron chi connectivity index (χ2n) is 4.76. The lowest BCUT2D eigenvalue weighted by molar-refractivity contribution is 0.210. The predicted molar refractivity (Wildman–Crippen MR) is 85.4 cm³/mol. The molecule has 0 radical (unpaired) electrons. The number of amides is 1. The van der Waals surface area contributed by atoms with Gasteiger partial charge < -0.3 is 10.8 Å². The first-order chi connectivity index (χ1) is 10.1. The van der Waals surface area contributed by atoms with Gasteiger partial charge in [-0.3, -0.25) is 5.32 Å². The van der Waals surface area contributed by atoms with E-state index in [0.717, 1.165) is 21.9 Å². The SMILES string of the molecule is Nc1cc(-c2cccc3ccccc23)ccc1NC(=O)O. The Morgan fingerprint density at radius 1 is 1.00 bits per heavy atom. The molecule has 4 nitrogen and oxygen atoms in total. The normalized spacial score (nSPS) is 10.5. The van der Waals surface area contributed by atoms with Gasteiger partial charge in [-0.2, -0.15) is 0 Å². The molecule has 0 aromatic heterocycles. The van der Waals surface area contributed by atoms with Crippen LogP contribution >= 0.6 is 0 Å². The number of benzene rings is 3. The third-order valence-corrected chi connectivity index (χ3v) is 3.39. The molecule has 0 aliphatic heterocycles. The van der Waals surface area contributed by atoms with Gasteiger partial charge in [-0.05, 0) is 34.0 Å². The number of nitrogens with two attached hydrogens (primary N) is 1. The molecule has 4 N–H and O–H groups in total. The van der Waals surface area contributed by atoms with E-state index < -0.39 is 6.09 Å². The fraction of sp³-hybridized carbons (Fsp3) is 0. The zero-order chi connectivity index (χ0) is 14.8. The summed E-state index contributed by atoms with van der Waals surface area (Å²) >= 11 is 0. The Hall–Kier alpha value is -3.01. The molecule has 3 rings (SSSR count). The molecule has 3 aromatic rings. The van der Waals surface area contributed by atoms with Crippen molar-refractivity contribution in [1.29, 1.82) is 0 Å². The van der Waals surface area contributed by atoms with Crippen molar-refractivity contribution in [3.8, 4) is 11.1 Å². The van der Waals surface area contributed by atoms with Crippen molar-refractivity contribution in [2.75, 3.05) is 11.1 Å². The smallest absolute Gasteiger partial charge is 0.409 e. The fourth-order valence-electron chi connectivity index (χ4n) is 2.44. The minimum absolute atomic E-state index is 0.395. The van der Waals surface area contributed by atoms with Crippen LogP contribution in [0.4, 0.5) is 16.2 Å². The van der Waals surface area contributed by atoms with Crippen LogP contribution in [0.5, 0.6) is 0 Å². The molecule has 0 unspecified atom stereocenters. The summed E-state index contributed by atoms with van der Waals surface area (Å²) in [6, 6.07) is 19.5. The first-order valence-corrected chi connectivity index (χ1v) is 6.53. The van der Waals surface area contributed by atoms with Gasteiger partial charge >= 0.3 is 6.09 Å². The Bertz CT molecular complexity index is 823. The third-order valence-electron chi connectivity index (χ3n) is 3.39. The quantitative estimate of drug-likeness (QED) is 0.615. The first-order valence-electron chi connectivity index (χ1n) is 6.53. The van der Waals surface area contributed by atoms with Crippen LogP contribution in [-0.4, -0.2) is 11.2 Å². The Balaban J connectivity index is 2.11. The van der Waals surface area contributed by atoms with E-state index in [-0.39, 0.29) is 0 Å². The lowest BCUT2D eigenvalue weighted by atomic mass is 9.98. The maximum absolute atomic E-state index is 10.7. The van der Waals surface area contributed by atoms with E-state index in [9.17, 15) is 4.79 Å². The first kappa shape index (κ1) is 13.0. The zero-order valence-electron chi connectivity index (χ0n) is 11.2. The minimum Gasteiger partial charge on any atom is -0.465 e. The molecular weight excluding hydrogens is 264 g/mol. The number of rotatable bonds is 2. The van der Waals surface area contributed by atoms with Crippen LogP contribution in [-0.2, 0) is 0 Å². The fourth-order valence-corrected chi connectivity index (χ4v) is 2.44. The summed E-state index contributed by atoms with van der Waals surface area (Å²) in [5.74, 6) is 0. The van der Waals surface area contributed by atoms with Crippen LogP contribution in [0, 0.1) is 0 Å². The lowest BCUT2D eigenvalue weighted by Gasteiger charge is -2.10. The van der Waals surface area contributed by atoms with E-state index in [0.29, 0.717) is 11.4 Å². The van der Waals surface area contributed by atoms with Gasteiger partial charge in [0.1, 0.15) is 0 Å². The highest BCUT2D eigenvalue weighted by Gasteiger charge is 2.07. The number of anilines is 2. The van der Waals surface area contributed by atoms with E-state index in [2.05, 4.69) is 23.5 Å². The Morgan fingerprint density at radius 2 is 1.76 bits per heavy atom. The molecule has 0 heterocycles. The van der Waals surface area contributed by atoms with Gasteiger partial charge in [0.15, 0.2) is 0 Å². The Kier molecular flexibility index (Phi) is 3.20. The van der Waals surface area contributed by atoms with Gasteiger partial charge in [0.05, 0.1) is 11.4 Å². The zero-order valence-corrected chi connectivity index (χ0v) is 11.2. The van der Waals surface area contributed by atoms with E-state index in [1.54, 1.807) is 12.1 Å². The third kappa shape index (κ3) is 2.51. The molecular formula is C17H14N2O2. The van der Waals surface area contributed by atoms with Crippen molar-refractivity contribution in [3.05, 3.63) is 60.7 Å². The summed E-state index contributed by atoms with van der Waals surface area (Å²) in [5.41, 5.74) is 8.76. The number of nitrogens with one attached hydrogen (secondary N) is 1. The lowest BCUT2D eigenvalue weighted by Crippen LogP contribution is -2.09. The Morgan fingerprint density at radius 3 is 2.52 bits per heavy atom. The summed E-state index contributed by atoms with van der Waals surface area (Å²) in [4.78, 5) is 10.7. The molecule has 0 bridgehead atoms. The highest BCUT2D eigenvalue weighted by atomic mass is 16.4. The molecule has 4 heteroatoms. The van der Waals surface area contributed by atoms with Gasteiger partial charge in [-0.1, -0.05) is 48.5 Å². The highest BCUT2D eigenvalue weighted by molar-refractivity contribution is 5.98. The molecule has 0 aliphatic rings.